The maximum absolute atomic E-state index is 15.0. The predicted octanol–water partition coefficient (Wildman–Crippen LogP) is 5.92. The molecule has 1 unspecified atom stereocenters. The fraction of sp³-hybridized carbons (Fsp3) is 0.303. The largest absolute Gasteiger partial charge is 0.417 e. The van der Waals surface area contributed by atoms with Crippen molar-refractivity contribution in [3.63, 3.8) is 0 Å². The number of fused-ring (bicyclic) bond motifs is 1. The molecule has 0 aliphatic carbocycles. The van der Waals surface area contributed by atoms with Crippen LogP contribution in [0.25, 0.3) is 33.2 Å². The van der Waals surface area contributed by atoms with Crippen LogP contribution in [-0.2, 0) is 17.5 Å². The molecule has 14 heteroatoms. The third-order valence-electron chi connectivity index (χ3n) is 8.82. The summed E-state index contributed by atoms with van der Waals surface area (Å²) in [7, 11) is 0. The Morgan fingerprint density at radius 2 is 1.79 bits per heavy atom. The molecule has 1 fully saturated rings. The second-order valence-electron chi connectivity index (χ2n) is 11.9. The molecule has 242 valence electrons. The number of alkyl halides is 3. The van der Waals surface area contributed by atoms with Gasteiger partial charge in [-0.25, -0.2) is 19.2 Å². The van der Waals surface area contributed by atoms with Gasteiger partial charge in [0.15, 0.2) is 5.65 Å². The van der Waals surface area contributed by atoms with E-state index in [-0.39, 0.29) is 64.9 Å². The van der Waals surface area contributed by atoms with Gasteiger partial charge in [0.2, 0.25) is 5.91 Å². The van der Waals surface area contributed by atoms with E-state index in [9.17, 15) is 14.0 Å². The van der Waals surface area contributed by atoms with Crippen molar-refractivity contribution in [1.82, 2.24) is 29.0 Å². The minimum absolute atomic E-state index is 0.104. The molecule has 5 heterocycles. The van der Waals surface area contributed by atoms with Crippen LogP contribution in [0.1, 0.15) is 25.5 Å². The zero-order chi connectivity index (χ0) is 33.2. The first kappa shape index (κ1) is 30.9. The van der Waals surface area contributed by atoms with E-state index in [0.717, 1.165) is 18.2 Å². The summed E-state index contributed by atoms with van der Waals surface area (Å²) < 4.78 is 62.4. The zero-order valence-corrected chi connectivity index (χ0v) is 26.2. The molecule has 0 radical (unpaired) electrons. The number of carbonyl (C=O) groups is 1. The third kappa shape index (κ3) is 5.24. The molecule has 47 heavy (non-hydrogen) atoms. The van der Waals surface area contributed by atoms with Crippen LogP contribution in [0.15, 0.2) is 77.3 Å². The molecule has 0 spiro atoms. The second-order valence-corrected chi connectivity index (χ2v) is 12.9. The van der Waals surface area contributed by atoms with E-state index in [1.807, 2.05) is 24.5 Å². The summed E-state index contributed by atoms with van der Waals surface area (Å²) >= 11 is 1.21. The number of hydrogen-bond donors (Lipinski definition) is 0. The van der Waals surface area contributed by atoms with Crippen LogP contribution in [-0.4, -0.2) is 65.8 Å². The molecule has 2 aliphatic heterocycles. The third-order valence-corrected chi connectivity index (χ3v) is 10.1. The second kappa shape index (κ2) is 11.5. The van der Waals surface area contributed by atoms with Gasteiger partial charge in [-0.05, 0) is 55.8 Å². The van der Waals surface area contributed by atoms with E-state index in [4.69, 9.17) is 0 Å². The van der Waals surface area contributed by atoms with Crippen LogP contribution >= 0.6 is 11.8 Å². The summed E-state index contributed by atoms with van der Waals surface area (Å²) in [5.41, 5.74) is 0.0687. The Labute approximate surface area is 270 Å². The molecule has 2 aromatic carbocycles. The molecule has 5 aromatic rings. The molecule has 0 N–H and O–H groups in total. The van der Waals surface area contributed by atoms with Gasteiger partial charge in [0, 0.05) is 59.5 Å². The normalized spacial score (nSPS) is 20.1. The number of pyridine rings is 1. The highest BCUT2D eigenvalue weighted by Gasteiger charge is 2.40. The van der Waals surface area contributed by atoms with Gasteiger partial charge in [0.25, 0.3) is 0 Å². The molecule has 0 bridgehead atoms. The molecule has 0 saturated carbocycles. The van der Waals surface area contributed by atoms with E-state index in [2.05, 4.69) is 21.5 Å². The maximum Gasteiger partial charge on any atom is 0.417 e. The number of amides is 1. The standard InChI is InChI=1S/C33H29F4N7O2S/c1-4-26(45)44-18(2)13-41(14-19(44)3)30-23-12-24(33(35,36)37)27(20-7-9-21(34)10-8-20)29-28(23)42(32(46)40-30)15-22(16-47-29)43-17-39-25-6-5-11-38-31(25)43/h4-12,17-19,22H,1,13-16H2,2-3H3/t18-,19+,22?. The number of hydrogen-bond acceptors (Lipinski definition) is 7. The van der Waals surface area contributed by atoms with Crippen molar-refractivity contribution in [3.05, 3.63) is 89.5 Å². The van der Waals surface area contributed by atoms with Crippen LogP contribution in [0.5, 0.6) is 0 Å². The van der Waals surface area contributed by atoms with Gasteiger partial charge in [-0.15, -0.1) is 11.8 Å². The monoisotopic (exact) mass is 663 g/mol. The maximum atomic E-state index is 15.0. The number of aromatic nitrogens is 5. The first-order chi connectivity index (χ1) is 22.5. The Morgan fingerprint density at radius 1 is 1.06 bits per heavy atom. The number of thioether (sulfide) groups is 1. The lowest BCUT2D eigenvalue weighted by atomic mass is 9.96. The summed E-state index contributed by atoms with van der Waals surface area (Å²) in [6.07, 6.45) is -0.304. The molecule has 3 atom stereocenters. The Balaban J connectivity index is 1.48. The SMILES string of the molecule is C=CC(=O)N1[C@H](C)CN(c2nc(=O)n3c4c(c(-c5ccc(F)cc5)c(C(F)(F)F)cc24)SCC(n2cnc4cccnc42)C3)C[C@@H]1C. The van der Waals surface area contributed by atoms with E-state index in [0.29, 0.717) is 22.4 Å². The topological polar surface area (TPSA) is 89.2 Å². The molecule has 1 saturated heterocycles. The summed E-state index contributed by atoms with van der Waals surface area (Å²) in [6, 6.07) is 8.44. The van der Waals surface area contributed by atoms with Crippen molar-refractivity contribution in [2.75, 3.05) is 23.7 Å². The Bertz CT molecular complexity index is 2100. The van der Waals surface area contributed by atoms with Crippen molar-refractivity contribution in [1.29, 1.82) is 0 Å². The number of benzene rings is 2. The van der Waals surface area contributed by atoms with Gasteiger partial charge < -0.3 is 14.4 Å². The number of rotatable bonds is 4. The first-order valence-corrected chi connectivity index (χ1v) is 16.0. The average Bonchev–Trinajstić information content (AvgIpc) is 3.36. The Hall–Kier alpha value is -4.72. The minimum Gasteiger partial charge on any atom is -0.352 e. The molecule has 3 aromatic heterocycles. The van der Waals surface area contributed by atoms with Crippen molar-refractivity contribution < 1.29 is 22.4 Å². The number of piperazine rings is 1. The highest BCUT2D eigenvalue weighted by Crippen LogP contribution is 2.49. The van der Waals surface area contributed by atoms with Crippen molar-refractivity contribution in [2.24, 2.45) is 0 Å². The first-order valence-electron chi connectivity index (χ1n) is 15.0. The number of nitrogens with zero attached hydrogens (tertiary/aromatic N) is 7. The highest BCUT2D eigenvalue weighted by molar-refractivity contribution is 7.99. The van der Waals surface area contributed by atoms with Gasteiger partial charge in [0.05, 0.1) is 23.4 Å². The summed E-state index contributed by atoms with van der Waals surface area (Å²) in [5.74, 6) is -0.420. The van der Waals surface area contributed by atoms with E-state index >= 15 is 13.2 Å². The molecule has 2 aliphatic rings. The number of imidazole rings is 1. The molecule has 7 rings (SSSR count). The lowest BCUT2D eigenvalue weighted by Crippen LogP contribution is -2.58. The van der Waals surface area contributed by atoms with E-state index in [1.165, 1.54) is 34.5 Å². The smallest absolute Gasteiger partial charge is 0.352 e. The molecular weight excluding hydrogens is 634 g/mol. The van der Waals surface area contributed by atoms with Gasteiger partial charge in [-0.1, -0.05) is 18.7 Å². The molecule has 9 nitrogen and oxygen atoms in total. The highest BCUT2D eigenvalue weighted by atomic mass is 32.2. The predicted molar refractivity (Wildman–Crippen MR) is 172 cm³/mol. The summed E-state index contributed by atoms with van der Waals surface area (Å²) in [5, 5.41) is 0.169. The van der Waals surface area contributed by atoms with Crippen LogP contribution in [0.4, 0.5) is 23.4 Å². The van der Waals surface area contributed by atoms with Gasteiger partial charge in [0.1, 0.15) is 17.2 Å². The lowest BCUT2D eigenvalue weighted by Gasteiger charge is -2.44. The van der Waals surface area contributed by atoms with Crippen molar-refractivity contribution >= 4 is 45.6 Å². The summed E-state index contributed by atoms with van der Waals surface area (Å²) in [4.78, 5) is 43.7. The average molecular weight is 664 g/mol. The van der Waals surface area contributed by atoms with Gasteiger partial charge in [-0.2, -0.15) is 18.2 Å². The Morgan fingerprint density at radius 3 is 2.47 bits per heavy atom. The van der Waals surface area contributed by atoms with E-state index < -0.39 is 29.3 Å². The molecular formula is C33H29F4N7O2S. The summed E-state index contributed by atoms with van der Waals surface area (Å²) in [6.45, 7) is 7.86. The van der Waals surface area contributed by atoms with Crippen LogP contribution in [0.3, 0.4) is 0 Å². The van der Waals surface area contributed by atoms with Crippen LogP contribution < -0.4 is 10.6 Å². The minimum atomic E-state index is -4.79. The fourth-order valence-corrected chi connectivity index (χ4v) is 8.21. The lowest BCUT2D eigenvalue weighted by molar-refractivity contribution is -0.137. The van der Waals surface area contributed by atoms with Crippen LogP contribution in [0, 0.1) is 5.82 Å². The molecule has 1 amide bonds. The number of carbonyl (C=O) groups excluding carboxylic acids is 1. The van der Waals surface area contributed by atoms with Crippen molar-refractivity contribution in [2.45, 2.75) is 49.6 Å². The van der Waals surface area contributed by atoms with Gasteiger partial charge in [-0.3, -0.25) is 9.36 Å². The van der Waals surface area contributed by atoms with Gasteiger partial charge >= 0.3 is 11.9 Å². The number of anilines is 1. The Kier molecular flexibility index (Phi) is 7.57. The zero-order valence-electron chi connectivity index (χ0n) is 25.4. The number of halogens is 4. The van der Waals surface area contributed by atoms with E-state index in [1.54, 1.807) is 28.4 Å². The fourth-order valence-electron chi connectivity index (χ4n) is 6.85. The van der Waals surface area contributed by atoms with Crippen LogP contribution in [0.2, 0.25) is 0 Å². The quantitative estimate of drug-likeness (QED) is 0.174. The van der Waals surface area contributed by atoms with Crippen molar-refractivity contribution in [3.8, 4) is 11.1 Å².